The summed E-state index contributed by atoms with van der Waals surface area (Å²) < 4.78 is 1.97. The molecular weight excluding hydrogens is 238 g/mol. The number of carbonyl (C=O) groups is 1. The van der Waals surface area contributed by atoms with E-state index in [2.05, 4.69) is 4.98 Å². The van der Waals surface area contributed by atoms with E-state index in [-0.39, 0.29) is 0 Å². The maximum Gasteiger partial charge on any atom is 0.407 e. The Morgan fingerprint density at radius 2 is 2.29 bits per heavy atom. The Hall–Kier alpha value is -1.69. The third-order valence-corrected chi connectivity index (χ3v) is 3.93. The van der Waals surface area contributed by atoms with Crippen LogP contribution in [0, 0.1) is 0 Å². The highest BCUT2D eigenvalue weighted by Gasteiger charge is 2.31. The monoisotopic (exact) mass is 249 g/mol. The molecule has 0 aromatic carbocycles. The number of imidazole rings is 1. The number of likely N-dealkylation sites (tertiary alicyclic amines) is 1. The van der Waals surface area contributed by atoms with E-state index in [0.717, 1.165) is 10.5 Å². The van der Waals surface area contributed by atoms with Gasteiger partial charge in [0.15, 0.2) is 0 Å². The number of hydrogen-bond acceptors (Lipinski definition) is 3. The summed E-state index contributed by atoms with van der Waals surface area (Å²) in [4.78, 5) is 17.4. The molecule has 0 atom stereocenters. The molecule has 0 saturated carbocycles. The maximum absolute atomic E-state index is 10.6. The molecule has 1 fully saturated rings. The van der Waals surface area contributed by atoms with Gasteiger partial charge in [0.2, 0.25) is 0 Å². The Bertz CT molecular complexity index is 563. The Kier molecular flexibility index (Phi) is 2.44. The van der Waals surface area contributed by atoms with E-state index in [1.807, 2.05) is 28.9 Å². The van der Waals surface area contributed by atoms with Crippen LogP contribution in [-0.2, 0) is 0 Å². The van der Waals surface area contributed by atoms with E-state index in [9.17, 15) is 4.79 Å². The average Bonchev–Trinajstić information content (AvgIpc) is 2.69. The number of amides is 1. The molecule has 0 unspecified atom stereocenters. The number of aromatic nitrogens is 2. The van der Waals surface area contributed by atoms with Crippen LogP contribution in [0.3, 0.4) is 0 Å². The van der Waals surface area contributed by atoms with Gasteiger partial charge in [-0.3, -0.25) is 0 Å². The van der Waals surface area contributed by atoms with Crippen LogP contribution in [0.2, 0.25) is 0 Å². The van der Waals surface area contributed by atoms with Crippen molar-refractivity contribution in [2.45, 2.75) is 10.1 Å². The third-order valence-electron chi connectivity index (χ3n) is 2.78. The fraction of sp³-hybridized carbons (Fsp3) is 0.273. The van der Waals surface area contributed by atoms with E-state index >= 15 is 0 Å². The number of nitrogens with zero attached hydrogens (tertiary/aromatic N) is 3. The summed E-state index contributed by atoms with van der Waals surface area (Å²) in [6, 6.07) is 3.99. The second-order valence-corrected chi connectivity index (χ2v) is 5.36. The number of fused-ring (bicyclic) bond motifs is 1. The molecule has 1 saturated heterocycles. The van der Waals surface area contributed by atoms with Crippen molar-refractivity contribution in [1.29, 1.82) is 0 Å². The SMILES string of the molecule is O=C(O)N1CC(Sc2ccc3nccn3c2)C1. The highest BCUT2D eigenvalue weighted by Crippen LogP contribution is 2.29. The van der Waals surface area contributed by atoms with Gasteiger partial charge in [-0.15, -0.1) is 11.8 Å². The summed E-state index contributed by atoms with van der Waals surface area (Å²) in [7, 11) is 0. The Morgan fingerprint density at radius 1 is 1.47 bits per heavy atom. The molecule has 0 radical (unpaired) electrons. The van der Waals surface area contributed by atoms with Crippen LogP contribution in [0.1, 0.15) is 0 Å². The Balaban J connectivity index is 1.67. The maximum atomic E-state index is 10.6. The molecule has 1 aliphatic rings. The molecule has 5 nitrogen and oxygen atoms in total. The topological polar surface area (TPSA) is 57.8 Å². The van der Waals surface area contributed by atoms with Gasteiger partial charge in [-0.25, -0.2) is 9.78 Å². The van der Waals surface area contributed by atoms with Crippen LogP contribution < -0.4 is 0 Å². The molecule has 0 aliphatic carbocycles. The zero-order valence-electron chi connectivity index (χ0n) is 8.98. The molecule has 2 aromatic heterocycles. The number of pyridine rings is 1. The predicted molar refractivity (Wildman–Crippen MR) is 64.4 cm³/mol. The number of carboxylic acid groups (broad SMARTS) is 1. The van der Waals surface area contributed by atoms with E-state index < -0.39 is 6.09 Å². The number of rotatable bonds is 2. The largest absolute Gasteiger partial charge is 0.465 e. The lowest BCUT2D eigenvalue weighted by Crippen LogP contribution is -2.51. The summed E-state index contributed by atoms with van der Waals surface area (Å²) in [5, 5.41) is 9.10. The van der Waals surface area contributed by atoms with Crippen LogP contribution >= 0.6 is 11.8 Å². The van der Waals surface area contributed by atoms with Crippen LogP contribution in [0.25, 0.3) is 5.65 Å². The van der Waals surface area contributed by atoms with Crippen molar-refractivity contribution in [2.24, 2.45) is 0 Å². The van der Waals surface area contributed by atoms with E-state index in [1.54, 1.807) is 18.0 Å². The fourth-order valence-electron chi connectivity index (χ4n) is 1.83. The standard InChI is InChI=1S/C11H11N3O2S/c15-11(16)14-6-9(7-14)17-8-1-2-10-12-3-4-13(10)5-8/h1-5,9H,6-7H2,(H,15,16). The van der Waals surface area contributed by atoms with Crippen molar-refractivity contribution in [3.63, 3.8) is 0 Å². The molecule has 3 rings (SSSR count). The summed E-state index contributed by atoms with van der Waals surface area (Å²) in [6.07, 6.45) is 4.87. The van der Waals surface area contributed by atoms with Gasteiger partial charge in [0.05, 0.1) is 0 Å². The molecule has 1 amide bonds. The van der Waals surface area contributed by atoms with Gasteiger partial charge in [-0.1, -0.05) is 0 Å². The Labute approximate surface area is 102 Å². The first kappa shape index (κ1) is 10.5. The van der Waals surface area contributed by atoms with E-state index in [4.69, 9.17) is 5.11 Å². The molecular formula is C11H11N3O2S. The first-order valence-electron chi connectivity index (χ1n) is 5.29. The predicted octanol–water partition coefficient (Wildman–Crippen LogP) is 1.79. The minimum atomic E-state index is -0.827. The highest BCUT2D eigenvalue weighted by atomic mass is 32.2. The molecule has 0 spiro atoms. The molecule has 2 aromatic rings. The molecule has 17 heavy (non-hydrogen) atoms. The highest BCUT2D eigenvalue weighted by molar-refractivity contribution is 8.00. The lowest BCUT2D eigenvalue weighted by atomic mass is 10.2. The van der Waals surface area contributed by atoms with Crippen molar-refractivity contribution in [3.8, 4) is 0 Å². The molecule has 1 N–H and O–H groups in total. The van der Waals surface area contributed by atoms with Gasteiger partial charge >= 0.3 is 6.09 Å². The van der Waals surface area contributed by atoms with Crippen LogP contribution in [0.15, 0.2) is 35.6 Å². The summed E-state index contributed by atoms with van der Waals surface area (Å²) in [5.41, 5.74) is 0.926. The summed E-state index contributed by atoms with van der Waals surface area (Å²) in [6.45, 7) is 1.23. The second kappa shape index (κ2) is 3.96. The van der Waals surface area contributed by atoms with Gasteiger partial charge in [-0.2, -0.15) is 0 Å². The van der Waals surface area contributed by atoms with Crippen molar-refractivity contribution in [2.75, 3.05) is 13.1 Å². The molecule has 6 heteroatoms. The lowest BCUT2D eigenvalue weighted by molar-refractivity contribution is 0.121. The van der Waals surface area contributed by atoms with Crippen molar-refractivity contribution < 1.29 is 9.90 Å². The second-order valence-electron chi connectivity index (χ2n) is 3.98. The third kappa shape index (κ3) is 1.95. The zero-order chi connectivity index (χ0) is 11.8. The first-order valence-corrected chi connectivity index (χ1v) is 6.17. The number of hydrogen-bond donors (Lipinski definition) is 1. The summed E-state index contributed by atoms with van der Waals surface area (Å²) >= 11 is 1.72. The Morgan fingerprint density at radius 3 is 3.06 bits per heavy atom. The van der Waals surface area contributed by atoms with Crippen LogP contribution in [0.4, 0.5) is 4.79 Å². The lowest BCUT2D eigenvalue weighted by Gasteiger charge is -2.36. The first-order chi connectivity index (χ1) is 8.22. The fourth-order valence-corrected chi connectivity index (χ4v) is 3.05. The van der Waals surface area contributed by atoms with Crippen LogP contribution in [0.5, 0.6) is 0 Å². The van der Waals surface area contributed by atoms with Gasteiger partial charge in [0, 0.05) is 41.8 Å². The van der Waals surface area contributed by atoms with Crippen molar-refractivity contribution in [3.05, 3.63) is 30.7 Å². The molecule has 3 heterocycles. The van der Waals surface area contributed by atoms with Gasteiger partial charge < -0.3 is 14.4 Å². The van der Waals surface area contributed by atoms with Crippen LogP contribution in [-0.4, -0.2) is 43.8 Å². The summed E-state index contributed by atoms with van der Waals surface area (Å²) in [5.74, 6) is 0. The van der Waals surface area contributed by atoms with E-state index in [1.165, 1.54) is 4.90 Å². The average molecular weight is 249 g/mol. The van der Waals surface area contributed by atoms with Crippen molar-refractivity contribution in [1.82, 2.24) is 14.3 Å². The molecule has 88 valence electrons. The quantitative estimate of drug-likeness (QED) is 0.881. The van der Waals surface area contributed by atoms with Gasteiger partial charge in [-0.05, 0) is 12.1 Å². The minimum Gasteiger partial charge on any atom is -0.465 e. The molecule has 0 bridgehead atoms. The molecule has 1 aliphatic heterocycles. The van der Waals surface area contributed by atoms with Gasteiger partial charge in [0.25, 0.3) is 0 Å². The smallest absolute Gasteiger partial charge is 0.407 e. The number of thioether (sulfide) groups is 1. The minimum absolute atomic E-state index is 0.368. The van der Waals surface area contributed by atoms with Crippen molar-refractivity contribution >= 4 is 23.5 Å². The zero-order valence-corrected chi connectivity index (χ0v) is 9.80. The van der Waals surface area contributed by atoms with E-state index in [0.29, 0.717) is 18.3 Å². The normalized spacial score (nSPS) is 16.1. The van der Waals surface area contributed by atoms with Gasteiger partial charge in [0.1, 0.15) is 5.65 Å².